The minimum Gasteiger partial charge on any atom is -0.343 e. The number of alkyl halides is 3. The van der Waals surface area contributed by atoms with Gasteiger partial charge in [-0.1, -0.05) is 30.3 Å². The van der Waals surface area contributed by atoms with E-state index in [1.165, 1.54) is 18.3 Å². The van der Waals surface area contributed by atoms with Gasteiger partial charge in [-0.2, -0.15) is 13.2 Å². The largest absolute Gasteiger partial charge is 0.416 e. The molecule has 10 N–H and O–H groups in total. The Kier molecular flexibility index (Phi) is 11.0. The van der Waals surface area contributed by atoms with Crippen molar-refractivity contribution in [1.29, 1.82) is 0 Å². The molecule has 1 aromatic heterocycles. The van der Waals surface area contributed by atoms with Gasteiger partial charge < -0.3 is 27.8 Å². The van der Waals surface area contributed by atoms with Gasteiger partial charge in [0, 0.05) is 49.3 Å². The molecule has 0 spiro atoms. The molecule has 1 saturated heterocycles. The number of hydrogen-bond donors (Lipinski definition) is 7. The van der Waals surface area contributed by atoms with Gasteiger partial charge in [-0.25, -0.2) is 0 Å². The van der Waals surface area contributed by atoms with Crippen LogP contribution in [0.15, 0.2) is 60.8 Å². The molecule has 2 amide bonds. The molecule has 1 fully saturated rings. The van der Waals surface area contributed by atoms with E-state index in [-0.39, 0.29) is 43.8 Å². The predicted octanol–water partition coefficient (Wildman–Crippen LogP) is 1.36. The Hall–Kier alpha value is -3.95. The highest BCUT2D eigenvalue weighted by Crippen LogP contribution is 2.29. The average Bonchev–Trinajstić information content (AvgIpc) is 3.23. The molecule has 1 aliphatic rings. The van der Waals surface area contributed by atoms with Gasteiger partial charge in [0.1, 0.15) is 11.8 Å². The van der Waals surface area contributed by atoms with E-state index < -0.39 is 41.6 Å². The fourth-order valence-corrected chi connectivity index (χ4v) is 5.11. The van der Waals surface area contributed by atoms with E-state index in [1.54, 1.807) is 6.07 Å². The number of nitrogens with zero attached hydrogens (tertiary/aromatic N) is 1. The van der Waals surface area contributed by atoms with E-state index in [9.17, 15) is 27.6 Å². The SMILES string of the molecule is NCC1CC(C(=O)C[C@H](N)C(=O)N[C@@H](Cc2ccc(C(F)(F)F)cc2)C(=O)Nc2cnc3ccccc3c2)CC(CN)NN1. The second kappa shape index (κ2) is 14.7. The number of aromatic nitrogens is 1. The summed E-state index contributed by atoms with van der Waals surface area (Å²) < 4.78 is 39.2. The average molecular weight is 615 g/mol. The lowest BCUT2D eigenvalue weighted by molar-refractivity contribution is -0.137. The maximum atomic E-state index is 13.4. The predicted molar refractivity (Wildman–Crippen MR) is 160 cm³/mol. The Labute approximate surface area is 252 Å². The summed E-state index contributed by atoms with van der Waals surface area (Å²) in [4.78, 5) is 44.1. The summed E-state index contributed by atoms with van der Waals surface area (Å²) in [5, 5.41) is 6.08. The highest BCUT2D eigenvalue weighted by atomic mass is 19.4. The van der Waals surface area contributed by atoms with Crippen LogP contribution in [0.25, 0.3) is 10.9 Å². The van der Waals surface area contributed by atoms with Crippen LogP contribution in [0.1, 0.15) is 30.4 Å². The van der Waals surface area contributed by atoms with Crippen molar-refractivity contribution in [1.82, 2.24) is 21.2 Å². The molecule has 11 nitrogen and oxygen atoms in total. The maximum Gasteiger partial charge on any atom is 0.416 e. The summed E-state index contributed by atoms with van der Waals surface area (Å²) in [6, 6.07) is 10.4. The number of fused-ring (bicyclic) bond motifs is 1. The summed E-state index contributed by atoms with van der Waals surface area (Å²) in [6.07, 6.45) is -2.61. The number of amides is 2. The number of nitrogens with one attached hydrogen (secondary N) is 4. The molecule has 2 aromatic carbocycles. The standard InChI is InChI=1S/C30H37F3N8O3/c31-30(32,33)20-7-5-17(6-8-20)9-26(29(44)38-23-10-18-3-1-2-4-25(18)37-16-23)39-28(43)24(36)13-27(42)19-11-21(14-34)40-41-22(12-19)15-35/h1-8,10,16,19,21-22,24,26,40-41H,9,11-15,34-36H2,(H,38,44)(H,39,43)/t19?,21?,22?,24-,26-/m0/s1. The van der Waals surface area contributed by atoms with Gasteiger partial charge >= 0.3 is 6.18 Å². The first-order chi connectivity index (χ1) is 21.0. The third-order valence-corrected chi connectivity index (χ3v) is 7.62. The van der Waals surface area contributed by atoms with Crippen molar-refractivity contribution in [2.45, 2.75) is 56.0 Å². The number of para-hydroxylation sites is 1. The van der Waals surface area contributed by atoms with Crippen LogP contribution in [0, 0.1) is 5.92 Å². The zero-order valence-electron chi connectivity index (χ0n) is 23.9. The highest BCUT2D eigenvalue weighted by molar-refractivity contribution is 5.99. The van der Waals surface area contributed by atoms with Gasteiger partial charge in [-0.05, 0) is 42.7 Å². The molecule has 1 aliphatic heterocycles. The Morgan fingerprint density at radius 1 is 0.955 bits per heavy atom. The van der Waals surface area contributed by atoms with E-state index >= 15 is 0 Å². The quantitative estimate of drug-likeness (QED) is 0.167. The number of hydrazine groups is 1. The van der Waals surface area contributed by atoms with Crippen molar-refractivity contribution in [2.75, 3.05) is 18.4 Å². The molecular weight excluding hydrogens is 577 g/mol. The Morgan fingerprint density at radius 2 is 1.59 bits per heavy atom. The van der Waals surface area contributed by atoms with Crippen molar-refractivity contribution in [3.8, 4) is 0 Å². The van der Waals surface area contributed by atoms with E-state index in [0.717, 1.165) is 17.5 Å². The molecule has 0 saturated carbocycles. The molecule has 236 valence electrons. The van der Waals surface area contributed by atoms with Gasteiger partial charge in [0.15, 0.2) is 0 Å². The molecule has 44 heavy (non-hydrogen) atoms. The highest BCUT2D eigenvalue weighted by Gasteiger charge is 2.33. The molecular formula is C30H37F3N8O3. The third-order valence-electron chi connectivity index (χ3n) is 7.62. The lowest BCUT2D eigenvalue weighted by Gasteiger charge is -2.23. The third kappa shape index (κ3) is 8.80. The molecule has 14 heteroatoms. The van der Waals surface area contributed by atoms with Crippen LogP contribution in [-0.2, 0) is 27.0 Å². The van der Waals surface area contributed by atoms with Crippen molar-refractivity contribution in [3.63, 3.8) is 0 Å². The molecule has 4 rings (SSSR count). The maximum absolute atomic E-state index is 13.4. The number of ketones is 1. The van der Waals surface area contributed by atoms with Crippen LogP contribution in [0.5, 0.6) is 0 Å². The first-order valence-corrected chi connectivity index (χ1v) is 14.3. The molecule has 2 heterocycles. The van der Waals surface area contributed by atoms with Crippen LogP contribution in [0.3, 0.4) is 0 Å². The van der Waals surface area contributed by atoms with Crippen LogP contribution in [0.4, 0.5) is 18.9 Å². The number of benzene rings is 2. The number of Topliss-reactive ketones (excluding diaryl/α,β-unsaturated/α-hetero) is 1. The minimum atomic E-state index is -4.52. The summed E-state index contributed by atoms with van der Waals surface area (Å²) in [5.74, 6) is -2.06. The van der Waals surface area contributed by atoms with E-state index in [4.69, 9.17) is 17.2 Å². The minimum absolute atomic E-state index is 0.131. The van der Waals surface area contributed by atoms with Gasteiger partial charge in [0.2, 0.25) is 11.8 Å². The van der Waals surface area contributed by atoms with E-state index in [1.807, 2.05) is 24.3 Å². The number of rotatable bonds is 11. The fraction of sp³-hybridized carbons (Fsp3) is 0.400. The number of halogens is 3. The van der Waals surface area contributed by atoms with Gasteiger partial charge in [0.25, 0.3) is 0 Å². The normalized spacial score (nSPS) is 20.4. The van der Waals surface area contributed by atoms with Crippen LogP contribution < -0.4 is 38.7 Å². The Morgan fingerprint density at radius 3 is 2.20 bits per heavy atom. The zero-order valence-corrected chi connectivity index (χ0v) is 23.9. The monoisotopic (exact) mass is 614 g/mol. The first-order valence-electron chi connectivity index (χ1n) is 14.3. The summed E-state index contributed by atoms with van der Waals surface area (Å²) in [7, 11) is 0. The summed E-state index contributed by atoms with van der Waals surface area (Å²) in [5.41, 5.74) is 24.5. The lowest BCUT2D eigenvalue weighted by atomic mass is 9.87. The number of carbonyl (C=O) groups is 3. The summed E-state index contributed by atoms with van der Waals surface area (Å²) >= 11 is 0. The Balaban J connectivity index is 1.48. The van der Waals surface area contributed by atoms with Crippen LogP contribution >= 0.6 is 0 Å². The van der Waals surface area contributed by atoms with Crippen molar-refractivity contribution in [3.05, 3.63) is 71.9 Å². The van der Waals surface area contributed by atoms with Crippen molar-refractivity contribution in [2.24, 2.45) is 23.1 Å². The van der Waals surface area contributed by atoms with Gasteiger partial charge in [-0.3, -0.25) is 30.2 Å². The van der Waals surface area contributed by atoms with Gasteiger partial charge in [0.05, 0.1) is 29.0 Å². The molecule has 0 radical (unpaired) electrons. The molecule has 0 aliphatic carbocycles. The second-order valence-corrected chi connectivity index (χ2v) is 11.0. The molecule has 3 aromatic rings. The number of carbonyl (C=O) groups excluding carboxylic acids is 3. The number of nitrogens with two attached hydrogens (primary N) is 3. The lowest BCUT2D eigenvalue weighted by Crippen LogP contribution is -2.51. The Bertz CT molecular complexity index is 1440. The van der Waals surface area contributed by atoms with Crippen LogP contribution in [0.2, 0.25) is 0 Å². The smallest absolute Gasteiger partial charge is 0.343 e. The summed E-state index contributed by atoms with van der Waals surface area (Å²) in [6.45, 7) is 0.572. The first kappa shape index (κ1) is 33.0. The zero-order chi connectivity index (χ0) is 31.9. The molecule has 2 unspecified atom stereocenters. The van der Waals surface area contributed by atoms with Crippen molar-refractivity contribution >= 4 is 34.2 Å². The fourth-order valence-electron chi connectivity index (χ4n) is 5.11. The second-order valence-electron chi connectivity index (χ2n) is 11.0. The van der Waals surface area contributed by atoms with E-state index in [0.29, 0.717) is 29.6 Å². The van der Waals surface area contributed by atoms with Crippen molar-refractivity contribution < 1.29 is 27.6 Å². The number of pyridine rings is 1. The van der Waals surface area contributed by atoms with Crippen LogP contribution in [-0.4, -0.2) is 59.8 Å². The topological polar surface area (TPSA) is 190 Å². The number of anilines is 1. The van der Waals surface area contributed by atoms with Gasteiger partial charge in [-0.15, -0.1) is 0 Å². The molecule has 0 bridgehead atoms. The number of hydrogen-bond acceptors (Lipinski definition) is 9. The van der Waals surface area contributed by atoms with E-state index in [2.05, 4.69) is 26.5 Å². The molecule has 4 atom stereocenters.